The first-order valence-electron chi connectivity index (χ1n) is 15.8. The third kappa shape index (κ3) is 7.80. The molecular formula is C34H35F13O5. The molecule has 1 aromatic rings. The highest BCUT2D eigenvalue weighted by molar-refractivity contribution is 5.84. The van der Waals surface area contributed by atoms with Crippen molar-refractivity contribution in [3.63, 3.8) is 0 Å². The molecule has 0 radical (unpaired) electrons. The van der Waals surface area contributed by atoms with E-state index in [1.807, 2.05) is 0 Å². The van der Waals surface area contributed by atoms with Crippen molar-refractivity contribution in [2.75, 3.05) is 20.8 Å². The maximum Gasteiger partial charge on any atom is 0.460 e. The van der Waals surface area contributed by atoms with Gasteiger partial charge in [0.1, 0.15) is 0 Å². The quantitative estimate of drug-likeness (QED) is 0.0817. The molecule has 7 unspecified atom stereocenters. The van der Waals surface area contributed by atoms with Gasteiger partial charge in [0.2, 0.25) is 0 Å². The van der Waals surface area contributed by atoms with Gasteiger partial charge in [0, 0.05) is 5.92 Å². The standard InChI is InChI=1S/C34H35F13O5/c1-4-52-15-14-21-16-20(17-24(21)29(35,36)30(37,38)31(39,40)32(41,42)33(43,44)34(45,46)47)11-13-23-18-22(12-10-19-8-6-5-7-9-19)25(27(48)50-2)26(23)28(49)51-3/h5-15,20-26H,4,16-18H2,1-3H3/b12-10-,13-11+,15-14-. The lowest BCUT2D eigenvalue weighted by Gasteiger charge is -2.42. The van der Waals surface area contributed by atoms with Crippen molar-refractivity contribution in [1.29, 1.82) is 0 Å². The minimum Gasteiger partial charge on any atom is -0.502 e. The summed E-state index contributed by atoms with van der Waals surface area (Å²) in [6.07, 6.45) is -1.95. The predicted molar refractivity (Wildman–Crippen MR) is 158 cm³/mol. The summed E-state index contributed by atoms with van der Waals surface area (Å²) in [6, 6.07) is 8.74. The molecule has 0 amide bonds. The molecule has 0 heterocycles. The average Bonchev–Trinajstić information content (AvgIpc) is 3.67. The maximum absolute atomic E-state index is 15.5. The number of carbonyl (C=O) groups excluding carboxylic acids is 2. The van der Waals surface area contributed by atoms with E-state index in [1.54, 1.807) is 42.5 Å². The van der Waals surface area contributed by atoms with Crippen LogP contribution in [0.1, 0.15) is 31.7 Å². The van der Waals surface area contributed by atoms with E-state index in [0.717, 1.165) is 32.1 Å². The fourth-order valence-electron chi connectivity index (χ4n) is 6.72. The van der Waals surface area contributed by atoms with Crippen molar-refractivity contribution in [2.45, 2.75) is 62.0 Å². The predicted octanol–water partition coefficient (Wildman–Crippen LogP) is 9.40. The fourth-order valence-corrected chi connectivity index (χ4v) is 6.72. The van der Waals surface area contributed by atoms with Crippen LogP contribution in [0.5, 0.6) is 0 Å². The van der Waals surface area contributed by atoms with Crippen molar-refractivity contribution in [2.24, 2.45) is 41.4 Å². The molecule has 0 aliphatic heterocycles. The van der Waals surface area contributed by atoms with E-state index in [-0.39, 0.29) is 13.0 Å². The third-order valence-electron chi connectivity index (χ3n) is 9.43. The van der Waals surface area contributed by atoms with E-state index in [1.165, 1.54) is 19.1 Å². The molecule has 2 fully saturated rings. The van der Waals surface area contributed by atoms with Crippen LogP contribution in [0.4, 0.5) is 57.1 Å². The second-order valence-corrected chi connectivity index (χ2v) is 12.5. The lowest BCUT2D eigenvalue weighted by Crippen LogP contribution is -2.71. The van der Waals surface area contributed by atoms with Gasteiger partial charge in [-0.1, -0.05) is 54.6 Å². The molecular weight excluding hydrogens is 735 g/mol. The maximum atomic E-state index is 15.5. The van der Waals surface area contributed by atoms with Crippen molar-refractivity contribution in [3.8, 4) is 0 Å². The normalized spacial score (nSPS) is 26.8. The molecule has 0 spiro atoms. The number of allylic oxidation sites excluding steroid dienone is 4. The zero-order chi connectivity index (χ0) is 39.5. The van der Waals surface area contributed by atoms with E-state index in [9.17, 15) is 57.9 Å². The molecule has 0 aromatic heterocycles. The highest BCUT2D eigenvalue weighted by Crippen LogP contribution is 2.63. The summed E-state index contributed by atoms with van der Waals surface area (Å²) < 4.78 is 197. The van der Waals surface area contributed by atoms with Gasteiger partial charge in [-0.05, 0) is 61.5 Å². The van der Waals surface area contributed by atoms with Crippen LogP contribution in [0.2, 0.25) is 0 Å². The molecule has 0 saturated heterocycles. The summed E-state index contributed by atoms with van der Waals surface area (Å²) >= 11 is 0. The van der Waals surface area contributed by atoms with Crippen LogP contribution in [0.15, 0.2) is 60.9 Å². The highest BCUT2D eigenvalue weighted by Gasteiger charge is 2.91. The lowest BCUT2D eigenvalue weighted by atomic mass is 9.82. The number of hydrogen-bond donors (Lipinski definition) is 0. The van der Waals surface area contributed by atoms with E-state index in [0.29, 0.717) is 0 Å². The van der Waals surface area contributed by atoms with Gasteiger partial charge in [0.05, 0.1) is 38.9 Å². The van der Waals surface area contributed by atoms with Gasteiger partial charge < -0.3 is 14.2 Å². The lowest BCUT2D eigenvalue weighted by molar-refractivity contribution is -0.443. The van der Waals surface area contributed by atoms with Crippen LogP contribution in [-0.4, -0.2) is 68.6 Å². The number of halogens is 13. The van der Waals surface area contributed by atoms with Crippen LogP contribution in [0.3, 0.4) is 0 Å². The van der Waals surface area contributed by atoms with Crippen LogP contribution >= 0.6 is 0 Å². The number of methoxy groups -OCH3 is 2. The second-order valence-electron chi connectivity index (χ2n) is 12.5. The Labute approximate surface area is 289 Å². The van der Waals surface area contributed by atoms with E-state index in [2.05, 4.69) is 0 Å². The number of ether oxygens (including phenoxy) is 3. The highest BCUT2D eigenvalue weighted by atomic mass is 19.4. The molecule has 1 aromatic carbocycles. The van der Waals surface area contributed by atoms with Crippen molar-refractivity contribution in [3.05, 3.63) is 66.5 Å². The zero-order valence-electron chi connectivity index (χ0n) is 27.7. The van der Waals surface area contributed by atoms with Gasteiger partial charge >= 0.3 is 47.7 Å². The molecule has 0 N–H and O–H groups in total. The smallest absolute Gasteiger partial charge is 0.460 e. The Balaban J connectivity index is 2.00. The largest absolute Gasteiger partial charge is 0.502 e. The Hall–Kier alpha value is -3.73. The van der Waals surface area contributed by atoms with E-state index < -0.39 is 102 Å². The Kier molecular flexibility index (Phi) is 12.9. The van der Waals surface area contributed by atoms with Crippen LogP contribution in [0.25, 0.3) is 6.08 Å². The molecule has 2 aliphatic rings. The molecule has 0 bridgehead atoms. The Morgan fingerprint density at radius 2 is 1.17 bits per heavy atom. The number of hydrogen-bond acceptors (Lipinski definition) is 5. The van der Waals surface area contributed by atoms with Crippen LogP contribution < -0.4 is 0 Å². The third-order valence-corrected chi connectivity index (χ3v) is 9.43. The first-order chi connectivity index (χ1) is 23.9. The molecule has 52 heavy (non-hydrogen) atoms. The fraction of sp³-hybridized carbons (Fsp3) is 0.588. The minimum atomic E-state index is -8.01. The summed E-state index contributed by atoms with van der Waals surface area (Å²) in [6.45, 7) is 1.32. The SMILES string of the molecule is CCO/C=C\C1CC(/C=C/C2CC(/C=C\c3ccccc3)C(C(=O)OC)C2C(=O)OC)CC1C(F)(F)C(F)(F)C(F)(F)C(F)(F)C(F)(F)C(F)(F)F. The molecule has 3 rings (SSSR count). The van der Waals surface area contributed by atoms with Gasteiger partial charge in [0.25, 0.3) is 0 Å². The zero-order valence-corrected chi connectivity index (χ0v) is 27.7. The van der Waals surface area contributed by atoms with Crippen molar-refractivity contribution < 1.29 is 80.9 Å². The molecule has 7 atom stereocenters. The second kappa shape index (κ2) is 15.7. The molecule has 18 heteroatoms. The molecule has 292 valence electrons. The van der Waals surface area contributed by atoms with Crippen LogP contribution in [-0.2, 0) is 23.8 Å². The summed E-state index contributed by atoms with van der Waals surface area (Å²) in [5.74, 6) is -49.2. The molecule has 2 saturated carbocycles. The first-order valence-corrected chi connectivity index (χ1v) is 15.8. The van der Waals surface area contributed by atoms with E-state index >= 15 is 8.78 Å². The average molecular weight is 771 g/mol. The van der Waals surface area contributed by atoms with Gasteiger partial charge in [-0.15, -0.1) is 0 Å². The van der Waals surface area contributed by atoms with Crippen molar-refractivity contribution in [1.82, 2.24) is 0 Å². The Bertz CT molecular complexity index is 1470. The van der Waals surface area contributed by atoms with Gasteiger partial charge in [-0.2, -0.15) is 57.1 Å². The Morgan fingerprint density at radius 1 is 0.654 bits per heavy atom. The number of alkyl halides is 13. The monoisotopic (exact) mass is 770 g/mol. The van der Waals surface area contributed by atoms with Gasteiger partial charge in [0.15, 0.2) is 0 Å². The van der Waals surface area contributed by atoms with Crippen molar-refractivity contribution >= 4 is 18.0 Å². The number of benzene rings is 1. The van der Waals surface area contributed by atoms with Gasteiger partial charge in [-0.25, -0.2) is 0 Å². The molecule has 2 aliphatic carbocycles. The molecule has 5 nitrogen and oxygen atoms in total. The number of esters is 2. The van der Waals surface area contributed by atoms with E-state index in [4.69, 9.17) is 14.2 Å². The minimum absolute atomic E-state index is 0.0616. The summed E-state index contributed by atoms with van der Waals surface area (Å²) in [5, 5.41) is 0. The summed E-state index contributed by atoms with van der Waals surface area (Å²) in [7, 11) is 2.11. The van der Waals surface area contributed by atoms with Gasteiger partial charge in [-0.3, -0.25) is 9.59 Å². The first kappa shape index (κ1) is 42.7. The topological polar surface area (TPSA) is 61.8 Å². The van der Waals surface area contributed by atoms with Crippen LogP contribution in [0, 0.1) is 41.4 Å². The Morgan fingerprint density at radius 3 is 1.67 bits per heavy atom. The summed E-state index contributed by atoms with van der Waals surface area (Å²) in [5.41, 5.74) is 0.728. The summed E-state index contributed by atoms with van der Waals surface area (Å²) in [4.78, 5) is 25.8. The number of carbonyl (C=O) groups is 2. The number of rotatable bonds is 14.